The van der Waals surface area contributed by atoms with E-state index in [2.05, 4.69) is 16.2 Å². The van der Waals surface area contributed by atoms with Gasteiger partial charge >= 0.3 is 0 Å². The molecule has 120 valence electrons. The van der Waals surface area contributed by atoms with Gasteiger partial charge in [-0.1, -0.05) is 23.7 Å². The van der Waals surface area contributed by atoms with E-state index in [-0.39, 0.29) is 11.0 Å². The Kier molecular flexibility index (Phi) is 5.15. The molecule has 23 heavy (non-hydrogen) atoms. The van der Waals surface area contributed by atoms with Gasteiger partial charge in [0, 0.05) is 10.3 Å². The Bertz CT molecular complexity index is 745. The molecule has 0 spiro atoms. The number of benzene rings is 1. The average molecular weight is 366 g/mol. The minimum Gasteiger partial charge on any atom is -0.330 e. The molecule has 0 saturated heterocycles. The topological polar surface area (TPSA) is 53.2 Å². The van der Waals surface area contributed by atoms with Crippen molar-refractivity contribution in [1.82, 2.24) is 10.9 Å². The van der Waals surface area contributed by atoms with E-state index in [0.29, 0.717) is 10.7 Å². The van der Waals surface area contributed by atoms with E-state index in [1.807, 2.05) is 23.6 Å². The predicted octanol–water partition coefficient (Wildman–Crippen LogP) is 3.91. The van der Waals surface area contributed by atoms with Crippen molar-refractivity contribution < 1.29 is 4.79 Å². The summed E-state index contributed by atoms with van der Waals surface area (Å²) in [6.45, 7) is 0. The maximum absolute atomic E-state index is 12.3. The molecule has 4 nitrogen and oxygen atoms in total. The number of carbonyl (C=O) groups is 1. The molecule has 0 saturated carbocycles. The van der Waals surface area contributed by atoms with Gasteiger partial charge in [-0.05, 0) is 55.6 Å². The van der Waals surface area contributed by atoms with Crippen molar-refractivity contribution in [1.29, 1.82) is 0 Å². The first-order chi connectivity index (χ1) is 11.1. The van der Waals surface area contributed by atoms with E-state index in [1.54, 1.807) is 17.4 Å². The third kappa shape index (κ3) is 3.83. The highest BCUT2D eigenvalue weighted by molar-refractivity contribution is 7.80. The van der Waals surface area contributed by atoms with Crippen LogP contribution in [0.2, 0.25) is 5.02 Å². The van der Waals surface area contributed by atoms with Crippen LogP contribution >= 0.6 is 35.2 Å². The lowest BCUT2D eigenvalue weighted by Crippen LogP contribution is -2.44. The van der Waals surface area contributed by atoms with Crippen molar-refractivity contribution in [3.8, 4) is 0 Å². The van der Waals surface area contributed by atoms with Crippen LogP contribution in [-0.2, 0) is 12.8 Å². The molecule has 1 aliphatic rings. The SMILES string of the molecule is O=C(NNC(=S)Nc1ccccc1Cl)c1csc2c1CCCC2. The zero-order valence-electron chi connectivity index (χ0n) is 12.3. The molecule has 0 unspecified atom stereocenters. The number of para-hydroxylation sites is 1. The number of hydrogen-bond acceptors (Lipinski definition) is 3. The number of hydrazine groups is 1. The van der Waals surface area contributed by atoms with Crippen LogP contribution in [0.3, 0.4) is 0 Å². The summed E-state index contributed by atoms with van der Waals surface area (Å²) in [4.78, 5) is 13.7. The summed E-state index contributed by atoms with van der Waals surface area (Å²) in [6, 6.07) is 7.27. The third-order valence-electron chi connectivity index (χ3n) is 3.72. The summed E-state index contributed by atoms with van der Waals surface area (Å²) in [6.07, 6.45) is 4.40. The zero-order valence-corrected chi connectivity index (χ0v) is 14.7. The van der Waals surface area contributed by atoms with Crippen LogP contribution in [0.4, 0.5) is 5.69 Å². The quantitative estimate of drug-likeness (QED) is 0.558. The molecule has 3 rings (SSSR count). The van der Waals surface area contributed by atoms with Crippen LogP contribution in [0, 0.1) is 0 Å². The Hall–Kier alpha value is -1.63. The van der Waals surface area contributed by atoms with Gasteiger partial charge < -0.3 is 5.32 Å². The molecule has 1 aliphatic carbocycles. The van der Waals surface area contributed by atoms with Crippen molar-refractivity contribution in [2.75, 3.05) is 5.32 Å². The molecule has 1 heterocycles. The summed E-state index contributed by atoms with van der Waals surface area (Å²) >= 11 is 12.9. The van der Waals surface area contributed by atoms with E-state index < -0.39 is 0 Å². The summed E-state index contributed by atoms with van der Waals surface area (Å²) in [5.74, 6) is -0.160. The van der Waals surface area contributed by atoms with Crippen LogP contribution < -0.4 is 16.2 Å². The highest BCUT2D eigenvalue weighted by atomic mass is 35.5. The minimum absolute atomic E-state index is 0.160. The van der Waals surface area contributed by atoms with Crippen molar-refractivity contribution in [3.63, 3.8) is 0 Å². The molecule has 2 aromatic rings. The molecule has 3 N–H and O–H groups in total. The van der Waals surface area contributed by atoms with Gasteiger partial charge in [0.2, 0.25) is 0 Å². The maximum atomic E-state index is 12.3. The number of halogens is 1. The second-order valence-electron chi connectivity index (χ2n) is 5.27. The summed E-state index contributed by atoms with van der Waals surface area (Å²) in [5, 5.41) is 5.73. The van der Waals surface area contributed by atoms with Gasteiger partial charge in [-0.15, -0.1) is 11.3 Å². The van der Waals surface area contributed by atoms with E-state index >= 15 is 0 Å². The second kappa shape index (κ2) is 7.29. The van der Waals surface area contributed by atoms with Gasteiger partial charge in [0.1, 0.15) is 0 Å². The minimum atomic E-state index is -0.160. The molecule has 0 atom stereocenters. The molecule has 0 fully saturated rings. The third-order valence-corrected chi connectivity index (χ3v) is 5.34. The van der Waals surface area contributed by atoms with Gasteiger partial charge in [0.25, 0.3) is 5.91 Å². The van der Waals surface area contributed by atoms with Crippen LogP contribution in [0.5, 0.6) is 0 Å². The number of thiocarbonyl (C=S) groups is 1. The maximum Gasteiger partial charge on any atom is 0.270 e. The summed E-state index contributed by atoms with van der Waals surface area (Å²) < 4.78 is 0. The second-order valence-corrected chi connectivity index (χ2v) is 7.05. The fraction of sp³-hybridized carbons (Fsp3) is 0.250. The molecular weight excluding hydrogens is 350 g/mol. The Balaban J connectivity index is 1.58. The van der Waals surface area contributed by atoms with Crippen LogP contribution in [0.25, 0.3) is 0 Å². The first-order valence-electron chi connectivity index (χ1n) is 7.36. The van der Waals surface area contributed by atoms with E-state index in [4.69, 9.17) is 23.8 Å². The first-order valence-corrected chi connectivity index (χ1v) is 9.03. The van der Waals surface area contributed by atoms with Crippen LogP contribution in [0.15, 0.2) is 29.6 Å². The number of amides is 1. The standard InChI is InChI=1S/C16H16ClN3OS2/c17-12-6-2-3-7-13(12)18-16(22)20-19-15(21)11-9-23-14-8-4-1-5-10(11)14/h2-3,6-7,9H,1,4-5,8H2,(H,19,21)(H2,18,20,22). The zero-order chi connectivity index (χ0) is 16.2. The normalized spacial score (nSPS) is 13.1. The van der Waals surface area contributed by atoms with E-state index in [1.165, 1.54) is 16.9 Å². The van der Waals surface area contributed by atoms with E-state index in [0.717, 1.165) is 24.8 Å². The van der Waals surface area contributed by atoms with Crippen molar-refractivity contribution in [2.45, 2.75) is 25.7 Å². The van der Waals surface area contributed by atoms with Gasteiger partial charge in [0.15, 0.2) is 5.11 Å². The molecule has 0 bridgehead atoms. The molecule has 1 aromatic heterocycles. The van der Waals surface area contributed by atoms with Crippen LogP contribution in [0.1, 0.15) is 33.6 Å². The largest absolute Gasteiger partial charge is 0.330 e. The number of thiophene rings is 1. The predicted molar refractivity (Wildman–Crippen MR) is 99.2 cm³/mol. The Morgan fingerprint density at radius 2 is 1.96 bits per heavy atom. The molecule has 7 heteroatoms. The smallest absolute Gasteiger partial charge is 0.270 e. The van der Waals surface area contributed by atoms with Crippen molar-refractivity contribution in [2.24, 2.45) is 0 Å². The van der Waals surface area contributed by atoms with Crippen molar-refractivity contribution >= 4 is 51.9 Å². The lowest BCUT2D eigenvalue weighted by atomic mass is 9.96. The average Bonchev–Trinajstić information content (AvgIpc) is 2.99. The lowest BCUT2D eigenvalue weighted by Gasteiger charge is -2.14. The van der Waals surface area contributed by atoms with Crippen molar-refractivity contribution in [3.05, 3.63) is 50.7 Å². The number of anilines is 1. The highest BCUT2D eigenvalue weighted by Gasteiger charge is 2.20. The number of aryl methyl sites for hydroxylation is 1. The van der Waals surface area contributed by atoms with Gasteiger partial charge in [0.05, 0.1) is 16.3 Å². The molecule has 1 amide bonds. The summed E-state index contributed by atoms with van der Waals surface area (Å²) in [5.41, 5.74) is 7.99. The van der Waals surface area contributed by atoms with Crippen LogP contribution in [-0.4, -0.2) is 11.0 Å². The first kappa shape index (κ1) is 16.2. The Morgan fingerprint density at radius 3 is 2.78 bits per heavy atom. The molecule has 1 aromatic carbocycles. The Labute approximate surface area is 149 Å². The molecule has 0 aliphatic heterocycles. The highest BCUT2D eigenvalue weighted by Crippen LogP contribution is 2.30. The fourth-order valence-corrected chi connectivity index (χ4v) is 4.05. The number of carbonyl (C=O) groups excluding carboxylic acids is 1. The van der Waals surface area contributed by atoms with Gasteiger partial charge in [-0.25, -0.2) is 0 Å². The monoisotopic (exact) mass is 365 g/mol. The van der Waals surface area contributed by atoms with E-state index in [9.17, 15) is 4.79 Å². The number of nitrogens with one attached hydrogen (secondary N) is 3. The van der Waals surface area contributed by atoms with Gasteiger partial charge in [-0.3, -0.25) is 15.6 Å². The lowest BCUT2D eigenvalue weighted by molar-refractivity contribution is 0.0943. The van der Waals surface area contributed by atoms with Gasteiger partial charge in [-0.2, -0.15) is 0 Å². The number of rotatable bonds is 2. The number of hydrogen-bond donors (Lipinski definition) is 3. The summed E-state index contributed by atoms with van der Waals surface area (Å²) in [7, 11) is 0. The fourth-order valence-electron chi connectivity index (χ4n) is 2.58. The molecular formula is C16H16ClN3OS2. The Morgan fingerprint density at radius 1 is 1.17 bits per heavy atom. The molecule has 0 radical (unpaired) electrons. The number of fused-ring (bicyclic) bond motifs is 1.